The van der Waals surface area contributed by atoms with Crippen molar-refractivity contribution in [3.63, 3.8) is 0 Å². The second kappa shape index (κ2) is 8.19. The molecule has 124 valence electrons. The van der Waals surface area contributed by atoms with Gasteiger partial charge in [-0.1, -0.05) is 28.1 Å². The number of hydrogen-bond donors (Lipinski definition) is 0. The van der Waals surface area contributed by atoms with Gasteiger partial charge in [-0.2, -0.15) is 0 Å². The van der Waals surface area contributed by atoms with Gasteiger partial charge in [0.25, 0.3) is 11.8 Å². The predicted octanol–water partition coefficient (Wildman–Crippen LogP) is 2.25. The fourth-order valence-corrected chi connectivity index (χ4v) is 2.42. The van der Waals surface area contributed by atoms with Crippen LogP contribution in [0, 0.1) is 0 Å². The summed E-state index contributed by atoms with van der Waals surface area (Å²) in [6.07, 6.45) is 0.129. The minimum absolute atomic E-state index is 0.120. The smallest absolute Gasteiger partial charge is 0.304 e. The molecule has 0 bridgehead atoms. The summed E-state index contributed by atoms with van der Waals surface area (Å²) < 4.78 is 10.1. The topological polar surface area (TPSA) is 82.1 Å². The van der Waals surface area contributed by atoms with E-state index in [4.69, 9.17) is 14.3 Å². The van der Waals surface area contributed by atoms with Crippen LogP contribution in [0.15, 0.2) is 24.3 Å². The molecule has 2 amide bonds. The highest BCUT2D eigenvalue weighted by molar-refractivity contribution is 9.09. The number of hydroxylamine groups is 2. The Hall–Kier alpha value is -1.77. The van der Waals surface area contributed by atoms with E-state index in [9.17, 15) is 14.4 Å². The molecular formula is C15H16BrNO6. The van der Waals surface area contributed by atoms with Crippen molar-refractivity contribution in [2.24, 2.45) is 0 Å². The monoisotopic (exact) mass is 385 g/mol. The molecule has 0 spiro atoms. The Morgan fingerprint density at radius 2 is 1.83 bits per heavy atom. The Bertz CT molecular complexity index is 570. The number of amides is 2. The zero-order valence-corrected chi connectivity index (χ0v) is 14.1. The maximum atomic E-state index is 12.1. The predicted molar refractivity (Wildman–Crippen MR) is 82.6 cm³/mol. The number of fused-ring (bicyclic) bond motifs is 1. The molecule has 0 radical (unpaired) electrons. The standard InChI is InChI=1S/C15H16BrNO6/c1-10(18)23-13(21-9-16)7-4-8-22-17-14(19)11-5-2-3-6-12(11)15(17)20/h2-3,5-6,13H,4,7-9H2,1H3. The van der Waals surface area contributed by atoms with Crippen LogP contribution in [-0.2, 0) is 19.1 Å². The Labute approximate surface area is 141 Å². The van der Waals surface area contributed by atoms with Crippen molar-refractivity contribution in [2.75, 3.05) is 12.1 Å². The van der Waals surface area contributed by atoms with Crippen molar-refractivity contribution in [3.05, 3.63) is 35.4 Å². The lowest BCUT2D eigenvalue weighted by Crippen LogP contribution is -2.30. The summed E-state index contributed by atoms with van der Waals surface area (Å²) in [5.41, 5.74) is 0.889. The van der Waals surface area contributed by atoms with Crippen LogP contribution < -0.4 is 0 Å². The third-order valence-electron chi connectivity index (χ3n) is 3.11. The van der Waals surface area contributed by atoms with Crippen molar-refractivity contribution in [1.29, 1.82) is 0 Å². The molecule has 0 aliphatic carbocycles. The number of carbonyl (C=O) groups excluding carboxylic acids is 3. The molecule has 0 fully saturated rings. The van der Waals surface area contributed by atoms with Gasteiger partial charge in [0.15, 0.2) is 0 Å². The molecule has 1 heterocycles. The van der Waals surface area contributed by atoms with E-state index in [1.54, 1.807) is 24.3 Å². The van der Waals surface area contributed by atoms with Crippen molar-refractivity contribution >= 4 is 33.7 Å². The highest BCUT2D eigenvalue weighted by atomic mass is 79.9. The van der Waals surface area contributed by atoms with Gasteiger partial charge in [0, 0.05) is 13.3 Å². The van der Waals surface area contributed by atoms with Gasteiger partial charge < -0.3 is 9.47 Å². The van der Waals surface area contributed by atoms with E-state index in [0.29, 0.717) is 24.0 Å². The second-order valence-corrected chi connectivity index (χ2v) is 5.20. The number of alkyl halides is 1. The quantitative estimate of drug-likeness (QED) is 0.224. The van der Waals surface area contributed by atoms with Crippen LogP contribution in [0.25, 0.3) is 0 Å². The molecule has 8 heteroatoms. The number of imide groups is 1. The molecule has 0 aromatic heterocycles. The lowest BCUT2D eigenvalue weighted by atomic mass is 10.1. The molecular weight excluding hydrogens is 370 g/mol. The van der Waals surface area contributed by atoms with E-state index in [-0.39, 0.29) is 12.1 Å². The molecule has 0 saturated carbocycles. The number of carbonyl (C=O) groups is 3. The van der Waals surface area contributed by atoms with Crippen molar-refractivity contribution < 1.29 is 28.7 Å². The SMILES string of the molecule is CC(=O)OC(CCCON1C(=O)c2ccccc2C1=O)OCBr. The van der Waals surface area contributed by atoms with Crippen LogP contribution in [0.1, 0.15) is 40.5 Å². The molecule has 1 aliphatic rings. The average molecular weight is 386 g/mol. The highest BCUT2D eigenvalue weighted by Gasteiger charge is 2.36. The van der Waals surface area contributed by atoms with Crippen LogP contribution in [0.3, 0.4) is 0 Å². The van der Waals surface area contributed by atoms with Gasteiger partial charge in [0.1, 0.15) is 5.52 Å². The molecule has 0 saturated heterocycles. The molecule has 1 aromatic carbocycles. The number of nitrogens with zero attached hydrogens (tertiary/aromatic N) is 1. The summed E-state index contributed by atoms with van der Waals surface area (Å²) in [6.45, 7) is 1.41. The number of halogens is 1. The number of ether oxygens (including phenoxy) is 2. The Kier molecular flexibility index (Phi) is 6.26. The molecule has 1 atom stereocenters. The van der Waals surface area contributed by atoms with E-state index < -0.39 is 24.1 Å². The minimum Gasteiger partial charge on any atom is -0.436 e. The van der Waals surface area contributed by atoms with Crippen LogP contribution in [0.5, 0.6) is 0 Å². The Morgan fingerprint density at radius 1 is 1.22 bits per heavy atom. The van der Waals surface area contributed by atoms with Gasteiger partial charge in [0.2, 0.25) is 6.29 Å². The first-order chi connectivity index (χ1) is 11.0. The number of esters is 1. The van der Waals surface area contributed by atoms with Crippen LogP contribution >= 0.6 is 15.9 Å². The van der Waals surface area contributed by atoms with E-state index in [0.717, 1.165) is 5.06 Å². The lowest BCUT2D eigenvalue weighted by Gasteiger charge is -2.17. The maximum absolute atomic E-state index is 12.1. The van der Waals surface area contributed by atoms with Crippen LogP contribution in [-0.4, -0.2) is 41.3 Å². The normalized spacial score (nSPS) is 14.8. The van der Waals surface area contributed by atoms with Crippen molar-refractivity contribution in [1.82, 2.24) is 5.06 Å². The molecule has 23 heavy (non-hydrogen) atoms. The molecule has 2 rings (SSSR count). The molecule has 1 aromatic rings. The fourth-order valence-electron chi connectivity index (χ4n) is 2.12. The highest BCUT2D eigenvalue weighted by Crippen LogP contribution is 2.22. The van der Waals surface area contributed by atoms with Gasteiger partial charge in [-0.15, -0.1) is 5.06 Å². The van der Waals surface area contributed by atoms with Gasteiger partial charge in [-0.25, -0.2) is 0 Å². The van der Waals surface area contributed by atoms with Gasteiger partial charge in [-0.3, -0.25) is 19.2 Å². The van der Waals surface area contributed by atoms with Crippen molar-refractivity contribution in [2.45, 2.75) is 26.1 Å². The van der Waals surface area contributed by atoms with Gasteiger partial charge in [0.05, 0.1) is 17.7 Å². The molecule has 7 nitrogen and oxygen atoms in total. The minimum atomic E-state index is -0.697. The summed E-state index contributed by atoms with van der Waals surface area (Å²) >= 11 is 3.09. The van der Waals surface area contributed by atoms with Crippen LogP contribution in [0.2, 0.25) is 0 Å². The first-order valence-corrected chi connectivity index (χ1v) is 8.12. The lowest BCUT2D eigenvalue weighted by molar-refractivity contribution is -0.174. The number of benzene rings is 1. The van der Waals surface area contributed by atoms with E-state index in [2.05, 4.69) is 15.9 Å². The van der Waals surface area contributed by atoms with Gasteiger partial charge >= 0.3 is 5.97 Å². The summed E-state index contributed by atoms with van der Waals surface area (Å²) in [6, 6.07) is 6.54. The number of hydrogen-bond acceptors (Lipinski definition) is 6. The third-order valence-corrected chi connectivity index (χ3v) is 3.37. The fraction of sp³-hybridized carbons (Fsp3) is 0.400. The zero-order chi connectivity index (χ0) is 16.8. The summed E-state index contributed by atoms with van der Waals surface area (Å²) in [5, 5.41) is 0.761. The first-order valence-electron chi connectivity index (χ1n) is 7.00. The summed E-state index contributed by atoms with van der Waals surface area (Å²) in [7, 11) is 0. The zero-order valence-electron chi connectivity index (χ0n) is 12.5. The largest absolute Gasteiger partial charge is 0.436 e. The summed E-state index contributed by atoms with van der Waals surface area (Å²) in [5.74, 6) is -1.39. The Morgan fingerprint density at radius 3 is 2.35 bits per heavy atom. The van der Waals surface area contributed by atoms with E-state index in [1.807, 2.05) is 0 Å². The molecule has 0 N–H and O–H groups in total. The van der Waals surface area contributed by atoms with E-state index >= 15 is 0 Å². The Balaban J connectivity index is 1.82. The maximum Gasteiger partial charge on any atom is 0.304 e. The molecule has 1 unspecified atom stereocenters. The summed E-state index contributed by atoms with van der Waals surface area (Å²) in [4.78, 5) is 40.3. The third kappa shape index (κ3) is 4.37. The number of rotatable bonds is 8. The van der Waals surface area contributed by atoms with E-state index in [1.165, 1.54) is 6.92 Å². The molecule has 1 aliphatic heterocycles. The van der Waals surface area contributed by atoms with Crippen molar-refractivity contribution in [3.8, 4) is 0 Å². The average Bonchev–Trinajstić information content (AvgIpc) is 2.76. The van der Waals surface area contributed by atoms with Gasteiger partial charge in [-0.05, 0) is 18.6 Å². The van der Waals surface area contributed by atoms with Crippen LogP contribution in [0.4, 0.5) is 0 Å². The first kappa shape index (κ1) is 17.6. The second-order valence-electron chi connectivity index (χ2n) is 4.74.